The van der Waals surface area contributed by atoms with Gasteiger partial charge in [-0.25, -0.2) is 0 Å². The maximum Gasteiger partial charge on any atom is 0.0898 e. The van der Waals surface area contributed by atoms with Crippen molar-refractivity contribution in [3.05, 3.63) is 0 Å². The number of hydrogen-bond donors (Lipinski definition) is 3. The molecule has 0 aromatic rings. The van der Waals surface area contributed by atoms with Crippen molar-refractivity contribution in [3.8, 4) is 0 Å². The fourth-order valence-electron chi connectivity index (χ4n) is 0.855. The van der Waals surface area contributed by atoms with Gasteiger partial charge < -0.3 is 20.3 Å². The first-order chi connectivity index (χ1) is 6.66. The predicted octanol–water partition coefficient (Wildman–Crippen LogP) is 0.523. The van der Waals surface area contributed by atoms with E-state index in [1.165, 1.54) is 0 Å². The lowest BCUT2D eigenvalue weighted by molar-refractivity contribution is -0.0496. The Labute approximate surface area is 92.6 Å². The number of aliphatic hydroxyl groups excluding tert-OH is 2. The molecule has 4 nitrogen and oxygen atoms in total. The van der Waals surface area contributed by atoms with E-state index < -0.39 is 6.10 Å². The van der Waals surface area contributed by atoms with Gasteiger partial charge in [-0.1, -0.05) is 0 Å². The maximum atomic E-state index is 9.60. The van der Waals surface area contributed by atoms with Crippen molar-refractivity contribution in [2.24, 2.45) is 0 Å². The van der Waals surface area contributed by atoms with Crippen LogP contribution in [-0.2, 0) is 4.74 Å². The third-order valence-electron chi connectivity index (χ3n) is 1.92. The normalized spacial score (nSPS) is 15.4. The smallest absolute Gasteiger partial charge is 0.0898 e. The molecule has 0 rings (SSSR count). The summed E-state index contributed by atoms with van der Waals surface area (Å²) in [6.07, 6.45) is -0.546. The molecule has 0 heterocycles. The Morgan fingerprint density at radius 3 is 2.13 bits per heavy atom. The summed E-state index contributed by atoms with van der Waals surface area (Å²) in [5.74, 6) is 0. The molecule has 92 valence electrons. The highest BCUT2D eigenvalue weighted by molar-refractivity contribution is 4.77. The third-order valence-corrected chi connectivity index (χ3v) is 1.92. The van der Waals surface area contributed by atoms with Crippen LogP contribution in [0.3, 0.4) is 0 Å². The van der Waals surface area contributed by atoms with E-state index >= 15 is 0 Å². The van der Waals surface area contributed by atoms with Crippen molar-refractivity contribution in [3.63, 3.8) is 0 Å². The highest BCUT2D eigenvalue weighted by atomic mass is 16.5. The first-order valence-electron chi connectivity index (χ1n) is 5.34. The molecule has 0 spiro atoms. The predicted molar refractivity (Wildman–Crippen MR) is 60.9 cm³/mol. The van der Waals surface area contributed by atoms with Crippen molar-refractivity contribution in [1.82, 2.24) is 5.32 Å². The molecule has 0 bridgehead atoms. The number of β-amino-alcohol motifs (C(OH)–C–C–N with tert-alkyl or cyclic N) is 1. The molecule has 1 unspecified atom stereocenters. The fourth-order valence-corrected chi connectivity index (χ4v) is 0.855. The van der Waals surface area contributed by atoms with E-state index in [0.717, 1.165) is 0 Å². The first kappa shape index (κ1) is 14.8. The molecule has 0 saturated heterocycles. The monoisotopic (exact) mass is 219 g/mol. The molecule has 0 aliphatic carbocycles. The van der Waals surface area contributed by atoms with Gasteiger partial charge in [0.1, 0.15) is 0 Å². The van der Waals surface area contributed by atoms with Gasteiger partial charge in [-0.3, -0.25) is 0 Å². The van der Waals surface area contributed by atoms with Crippen LogP contribution in [0.15, 0.2) is 0 Å². The Morgan fingerprint density at radius 2 is 1.73 bits per heavy atom. The minimum absolute atomic E-state index is 0.0415. The molecule has 15 heavy (non-hydrogen) atoms. The van der Waals surface area contributed by atoms with Crippen LogP contribution in [0, 0.1) is 0 Å². The second-order valence-electron chi connectivity index (χ2n) is 5.50. The average Bonchev–Trinajstić information content (AvgIpc) is 2.10. The molecule has 0 saturated carbocycles. The Morgan fingerprint density at radius 1 is 1.20 bits per heavy atom. The number of hydrogen-bond acceptors (Lipinski definition) is 4. The van der Waals surface area contributed by atoms with E-state index in [1.807, 2.05) is 34.6 Å². The van der Waals surface area contributed by atoms with Gasteiger partial charge in [-0.15, -0.1) is 0 Å². The number of rotatable bonds is 6. The Kier molecular flexibility index (Phi) is 5.73. The van der Waals surface area contributed by atoms with Gasteiger partial charge in [0.15, 0.2) is 0 Å². The van der Waals surface area contributed by atoms with Gasteiger partial charge in [0, 0.05) is 12.1 Å². The van der Waals surface area contributed by atoms with Crippen molar-refractivity contribution < 1.29 is 14.9 Å². The van der Waals surface area contributed by atoms with Crippen LogP contribution in [0.2, 0.25) is 0 Å². The third kappa shape index (κ3) is 8.81. The summed E-state index contributed by atoms with van der Waals surface area (Å²) in [4.78, 5) is 0. The molecule has 0 amide bonds. The fraction of sp³-hybridized carbons (Fsp3) is 1.00. The minimum Gasteiger partial charge on any atom is -0.394 e. The molecular weight excluding hydrogens is 194 g/mol. The molecule has 0 aliphatic rings. The van der Waals surface area contributed by atoms with Gasteiger partial charge in [-0.05, 0) is 34.6 Å². The lowest BCUT2D eigenvalue weighted by Gasteiger charge is -2.27. The Balaban J connectivity index is 3.71. The molecular formula is C11H25NO3. The second kappa shape index (κ2) is 5.80. The van der Waals surface area contributed by atoms with Crippen LogP contribution in [0.1, 0.15) is 34.6 Å². The minimum atomic E-state index is -0.546. The van der Waals surface area contributed by atoms with Crippen LogP contribution < -0.4 is 5.32 Å². The Hall–Kier alpha value is -0.160. The molecule has 0 fully saturated rings. The molecule has 3 N–H and O–H groups in total. The molecule has 0 aliphatic heterocycles. The molecule has 0 aromatic heterocycles. The summed E-state index contributed by atoms with van der Waals surface area (Å²) in [6.45, 7) is 10.4. The van der Waals surface area contributed by atoms with E-state index in [9.17, 15) is 5.11 Å². The SMILES string of the molecule is CC(C)(CO)NCC(O)COC(C)(C)C. The summed E-state index contributed by atoms with van der Waals surface area (Å²) in [6, 6.07) is 0. The van der Waals surface area contributed by atoms with Crippen molar-refractivity contribution in [2.45, 2.75) is 51.9 Å². The largest absolute Gasteiger partial charge is 0.394 e. The average molecular weight is 219 g/mol. The topological polar surface area (TPSA) is 61.7 Å². The summed E-state index contributed by atoms with van der Waals surface area (Å²) >= 11 is 0. The maximum absolute atomic E-state index is 9.60. The van der Waals surface area contributed by atoms with Crippen LogP contribution in [0.4, 0.5) is 0 Å². The second-order valence-corrected chi connectivity index (χ2v) is 5.50. The van der Waals surface area contributed by atoms with Crippen LogP contribution in [-0.4, -0.2) is 47.2 Å². The summed E-state index contributed by atoms with van der Waals surface area (Å²) in [5, 5.41) is 21.7. The van der Waals surface area contributed by atoms with Gasteiger partial charge in [-0.2, -0.15) is 0 Å². The standard InChI is InChI=1S/C11H25NO3/c1-10(2,3)15-7-9(14)6-12-11(4,5)8-13/h9,12-14H,6-8H2,1-5H3. The first-order valence-corrected chi connectivity index (χ1v) is 5.34. The van der Waals surface area contributed by atoms with Gasteiger partial charge >= 0.3 is 0 Å². The highest BCUT2D eigenvalue weighted by Crippen LogP contribution is 2.07. The highest BCUT2D eigenvalue weighted by Gasteiger charge is 2.18. The molecule has 0 aromatic carbocycles. The van der Waals surface area contributed by atoms with Crippen molar-refractivity contribution in [2.75, 3.05) is 19.8 Å². The summed E-state index contributed by atoms with van der Waals surface area (Å²) in [7, 11) is 0. The lowest BCUT2D eigenvalue weighted by atomic mass is 10.1. The molecule has 0 radical (unpaired) electrons. The summed E-state index contributed by atoms with van der Waals surface area (Å²) in [5.41, 5.74) is -0.587. The van der Waals surface area contributed by atoms with Crippen LogP contribution >= 0.6 is 0 Å². The van der Waals surface area contributed by atoms with Crippen molar-refractivity contribution >= 4 is 0 Å². The van der Waals surface area contributed by atoms with Gasteiger partial charge in [0.05, 0.1) is 24.9 Å². The number of ether oxygens (including phenoxy) is 1. The van der Waals surface area contributed by atoms with E-state index in [4.69, 9.17) is 9.84 Å². The van der Waals surface area contributed by atoms with E-state index in [-0.39, 0.29) is 17.7 Å². The zero-order valence-corrected chi connectivity index (χ0v) is 10.5. The van der Waals surface area contributed by atoms with Gasteiger partial charge in [0.2, 0.25) is 0 Å². The molecule has 1 atom stereocenters. The quantitative estimate of drug-likeness (QED) is 0.609. The van der Waals surface area contributed by atoms with Crippen LogP contribution in [0.5, 0.6) is 0 Å². The number of nitrogens with one attached hydrogen (secondary N) is 1. The van der Waals surface area contributed by atoms with Gasteiger partial charge in [0.25, 0.3) is 0 Å². The summed E-state index contributed by atoms with van der Waals surface area (Å²) < 4.78 is 5.44. The zero-order chi connectivity index (χ0) is 12.1. The van der Waals surface area contributed by atoms with Crippen molar-refractivity contribution in [1.29, 1.82) is 0 Å². The number of aliphatic hydroxyl groups is 2. The lowest BCUT2D eigenvalue weighted by Crippen LogP contribution is -2.47. The van der Waals surface area contributed by atoms with Crippen LogP contribution in [0.25, 0.3) is 0 Å². The molecule has 4 heteroatoms. The van der Waals surface area contributed by atoms with E-state index in [1.54, 1.807) is 0 Å². The zero-order valence-electron chi connectivity index (χ0n) is 10.5. The Bertz CT molecular complexity index is 175. The van der Waals surface area contributed by atoms with E-state index in [2.05, 4.69) is 5.32 Å². The van der Waals surface area contributed by atoms with E-state index in [0.29, 0.717) is 13.2 Å².